The molecule has 0 aliphatic heterocycles. The van der Waals surface area contributed by atoms with E-state index in [1.54, 1.807) is 0 Å². The van der Waals surface area contributed by atoms with Gasteiger partial charge in [-0.3, -0.25) is 0 Å². The van der Waals surface area contributed by atoms with Crippen LogP contribution in [0.15, 0.2) is 0 Å². The Morgan fingerprint density at radius 2 is 2.00 bits per heavy atom. The van der Waals surface area contributed by atoms with E-state index in [-0.39, 0.29) is 0 Å². The molecule has 0 spiro atoms. The molecule has 0 rings (SSSR count). The smallest absolute Gasteiger partial charge is 0.0101 e. The van der Waals surface area contributed by atoms with Gasteiger partial charge < -0.3 is 10.2 Å². The van der Waals surface area contributed by atoms with E-state index in [0.29, 0.717) is 6.04 Å². The van der Waals surface area contributed by atoms with Gasteiger partial charge in [0.2, 0.25) is 0 Å². The van der Waals surface area contributed by atoms with Crippen molar-refractivity contribution in [3.05, 3.63) is 0 Å². The Bertz CT molecular complexity index is 71.7. The lowest BCUT2D eigenvalue weighted by Gasteiger charge is -2.13. The summed E-state index contributed by atoms with van der Waals surface area (Å²) in [6, 6.07) is 0.667. The molecule has 0 aromatic heterocycles. The molecule has 0 aromatic rings. The summed E-state index contributed by atoms with van der Waals surface area (Å²) in [7, 11) is 4.19. The minimum atomic E-state index is 0.667. The van der Waals surface area contributed by atoms with Crippen LogP contribution in [0, 0.1) is 0 Å². The first-order valence-electron chi connectivity index (χ1n) is 4.05. The van der Waals surface area contributed by atoms with Gasteiger partial charge in [0.1, 0.15) is 0 Å². The highest BCUT2D eigenvalue weighted by Crippen LogP contribution is 1.85. The van der Waals surface area contributed by atoms with Crippen LogP contribution in [0.3, 0.4) is 0 Å². The lowest BCUT2D eigenvalue weighted by Crippen LogP contribution is -2.32. The standard InChI is InChI=1S/C8H20N2/c1-5-8(2)9-6-7-10(3)4/h8-9H,5-7H2,1-4H3/t8-/m1/s1. The molecule has 0 saturated carbocycles. The summed E-state index contributed by atoms with van der Waals surface area (Å²) in [4.78, 5) is 2.19. The van der Waals surface area contributed by atoms with E-state index in [2.05, 4.69) is 38.2 Å². The maximum atomic E-state index is 3.42. The lowest BCUT2D eigenvalue weighted by molar-refractivity contribution is 0.385. The number of nitrogens with zero attached hydrogens (tertiary/aromatic N) is 1. The molecule has 1 atom stereocenters. The fourth-order valence-corrected chi connectivity index (χ4v) is 0.679. The Hall–Kier alpha value is -0.0800. The third kappa shape index (κ3) is 6.05. The SMILES string of the molecule is CC[C@@H](C)NCCN(C)C. The monoisotopic (exact) mass is 144 g/mol. The van der Waals surface area contributed by atoms with E-state index in [9.17, 15) is 0 Å². The van der Waals surface area contributed by atoms with Crippen LogP contribution in [0.1, 0.15) is 20.3 Å². The van der Waals surface area contributed by atoms with Crippen LogP contribution in [0.4, 0.5) is 0 Å². The Morgan fingerprint density at radius 3 is 2.40 bits per heavy atom. The molecule has 10 heavy (non-hydrogen) atoms. The highest BCUT2D eigenvalue weighted by molar-refractivity contribution is 4.58. The predicted octanol–water partition coefficient (Wildman–Crippen LogP) is 0.936. The van der Waals surface area contributed by atoms with Gasteiger partial charge in [0.25, 0.3) is 0 Å². The molecule has 0 radical (unpaired) electrons. The molecule has 1 N–H and O–H groups in total. The summed E-state index contributed by atoms with van der Waals surface area (Å²) in [6.07, 6.45) is 1.22. The average molecular weight is 144 g/mol. The third-order valence-electron chi connectivity index (χ3n) is 1.66. The molecule has 0 aromatic carbocycles. The van der Waals surface area contributed by atoms with Gasteiger partial charge in [-0.1, -0.05) is 6.92 Å². The number of hydrogen-bond acceptors (Lipinski definition) is 2. The average Bonchev–Trinajstić information content (AvgIpc) is 1.87. The number of nitrogens with one attached hydrogen (secondary N) is 1. The first-order chi connectivity index (χ1) is 4.66. The molecule has 0 unspecified atom stereocenters. The van der Waals surface area contributed by atoms with Crippen LogP contribution in [-0.2, 0) is 0 Å². The predicted molar refractivity (Wildman–Crippen MR) is 46.3 cm³/mol. The first-order valence-corrected chi connectivity index (χ1v) is 4.05. The first kappa shape index (κ1) is 9.92. The second kappa shape index (κ2) is 5.69. The second-order valence-electron chi connectivity index (χ2n) is 3.07. The second-order valence-corrected chi connectivity index (χ2v) is 3.07. The zero-order valence-corrected chi connectivity index (χ0v) is 7.65. The largest absolute Gasteiger partial charge is 0.313 e. The van der Waals surface area contributed by atoms with Crippen molar-refractivity contribution in [1.82, 2.24) is 10.2 Å². The highest BCUT2D eigenvalue weighted by Gasteiger charge is 1.95. The molecular weight excluding hydrogens is 124 g/mol. The van der Waals surface area contributed by atoms with E-state index in [4.69, 9.17) is 0 Å². The molecule has 0 aliphatic rings. The number of hydrogen-bond donors (Lipinski definition) is 1. The quantitative estimate of drug-likeness (QED) is 0.617. The Balaban J connectivity index is 3.03. The minimum absolute atomic E-state index is 0.667. The summed E-state index contributed by atoms with van der Waals surface area (Å²) in [5.74, 6) is 0. The minimum Gasteiger partial charge on any atom is -0.313 e. The summed E-state index contributed by atoms with van der Waals surface area (Å²) in [5, 5.41) is 3.42. The van der Waals surface area contributed by atoms with Gasteiger partial charge >= 0.3 is 0 Å². The molecule has 0 bridgehead atoms. The van der Waals surface area contributed by atoms with Gasteiger partial charge in [-0.15, -0.1) is 0 Å². The van der Waals surface area contributed by atoms with Crippen LogP contribution in [-0.4, -0.2) is 38.1 Å². The summed E-state index contributed by atoms with van der Waals surface area (Å²) in [6.45, 7) is 6.65. The van der Waals surface area contributed by atoms with Gasteiger partial charge in [-0.25, -0.2) is 0 Å². The van der Waals surface area contributed by atoms with Crippen molar-refractivity contribution >= 4 is 0 Å². The maximum Gasteiger partial charge on any atom is 0.0101 e. The van der Waals surface area contributed by atoms with Crippen molar-refractivity contribution in [2.75, 3.05) is 27.2 Å². The lowest BCUT2D eigenvalue weighted by atomic mass is 10.2. The van der Waals surface area contributed by atoms with Crippen LogP contribution >= 0.6 is 0 Å². The third-order valence-corrected chi connectivity index (χ3v) is 1.66. The fraction of sp³-hybridized carbons (Fsp3) is 1.00. The molecule has 0 heterocycles. The molecule has 0 aliphatic carbocycles. The highest BCUT2D eigenvalue weighted by atomic mass is 15.1. The van der Waals surface area contributed by atoms with Crippen LogP contribution in [0.5, 0.6) is 0 Å². The van der Waals surface area contributed by atoms with Gasteiger partial charge in [0, 0.05) is 19.1 Å². The van der Waals surface area contributed by atoms with Crippen molar-refractivity contribution in [2.24, 2.45) is 0 Å². The van der Waals surface area contributed by atoms with Crippen molar-refractivity contribution < 1.29 is 0 Å². The Morgan fingerprint density at radius 1 is 1.40 bits per heavy atom. The molecule has 2 nitrogen and oxygen atoms in total. The number of likely N-dealkylation sites (N-methyl/N-ethyl adjacent to an activating group) is 1. The molecule has 2 heteroatoms. The van der Waals surface area contributed by atoms with Crippen molar-refractivity contribution in [2.45, 2.75) is 26.3 Å². The van der Waals surface area contributed by atoms with E-state index in [0.717, 1.165) is 13.1 Å². The van der Waals surface area contributed by atoms with Crippen LogP contribution in [0.2, 0.25) is 0 Å². The fourth-order valence-electron chi connectivity index (χ4n) is 0.679. The van der Waals surface area contributed by atoms with E-state index in [1.807, 2.05) is 0 Å². The molecular formula is C8H20N2. The van der Waals surface area contributed by atoms with E-state index >= 15 is 0 Å². The Labute approximate surface area is 64.6 Å². The van der Waals surface area contributed by atoms with Crippen molar-refractivity contribution in [3.63, 3.8) is 0 Å². The van der Waals surface area contributed by atoms with Gasteiger partial charge in [0.15, 0.2) is 0 Å². The van der Waals surface area contributed by atoms with E-state index in [1.165, 1.54) is 6.42 Å². The maximum absolute atomic E-state index is 3.42. The summed E-state index contributed by atoms with van der Waals surface area (Å²) < 4.78 is 0. The molecule has 0 saturated heterocycles. The van der Waals surface area contributed by atoms with Gasteiger partial charge in [-0.05, 0) is 27.4 Å². The zero-order valence-electron chi connectivity index (χ0n) is 7.65. The number of rotatable bonds is 5. The topological polar surface area (TPSA) is 15.3 Å². The van der Waals surface area contributed by atoms with Gasteiger partial charge in [-0.2, -0.15) is 0 Å². The molecule has 0 fully saturated rings. The van der Waals surface area contributed by atoms with Crippen molar-refractivity contribution in [1.29, 1.82) is 0 Å². The Kier molecular flexibility index (Phi) is 5.64. The van der Waals surface area contributed by atoms with Crippen molar-refractivity contribution in [3.8, 4) is 0 Å². The van der Waals surface area contributed by atoms with Gasteiger partial charge in [0.05, 0.1) is 0 Å². The molecule has 0 amide bonds. The van der Waals surface area contributed by atoms with Crippen LogP contribution in [0.25, 0.3) is 0 Å². The molecule has 62 valence electrons. The zero-order chi connectivity index (χ0) is 7.98. The van der Waals surface area contributed by atoms with Crippen LogP contribution < -0.4 is 5.32 Å². The summed E-state index contributed by atoms with van der Waals surface area (Å²) in [5.41, 5.74) is 0. The summed E-state index contributed by atoms with van der Waals surface area (Å²) >= 11 is 0. The normalized spacial score (nSPS) is 14.1. The van der Waals surface area contributed by atoms with E-state index < -0.39 is 0 Å².